The van der Waals surface area contributed by atoms with Crippen LogP contribution in [0.2, 0.25) is 0 Å². The standard InChI is InChI=1S/C40H40O15/c1-3-34(42)47-21-7-5-4-6-8-22-48-40(46)54-31-19-13-27(14-20-31)38(44)52-29-15-9-26(10-16-29)37(43)53-30-17-11-28(12-18-30)39(45)55-33-24-50-35-32(51-25(2)41)23-49-36(33)35/h3,9-20,32-33,35-36H,1,4-8,21-24H2,2H3/t32-,33-,35?,36?/m0/s1. The van der Waals surface area contributed by atoms with E-state index in [9.17, 15) is 28.8 Å². The first-order valence-corrected chi connectivity index (χ1v) is 17.6. The van der Waals surface area contributed by atoms with Crippen molar-refractivity contribution in [1.82, 2.24) is 0 Å². The van der Waals surface area contributed by atoms with Gasteiger partial charge in [0.1, 0.15) is 29.5 Å². The predicted octanol–water partition coefficient (Wildman–Crippen LogP) is 5.57. The average Bonchev–Trinajstić information content (AvgIpc) is 3.77. The summed E-state index contributed by atoms with van der Waals surface area (Å²) in [6.45, 7) is 5.41. The highest BCUT2D eigenvalue weighted by atomic mass is 16.7. The van der Waals surface area contributed by atoms with Crippen LogP contribution in [0.15, 0.2) is 85.5 Å². The molecular weight excluding hydrogens is 720 g/mol. The van der Waals surface area contributed by atoms with E-state index in [0.29, 0.717) is 13.0 Å². The SMILES string of the molecule is C=CC(=O)OCCCCCCCOC(=O)Oc1ccc(C(=O)Oc2ccc(C(=O)Oc3ccc(C(=O)O[C@H]4COC5C4OC[C@@H]5OC(C)=O)cc3)cc2)cc1. The van der Waals surface area contributed by atoms with Crippen molar-refractivity contribution in [3.8, 4) is 17.2 Å². The first-order chi connectivity index (χ1) is 26.6. The third-order valence-corrected chi connectivity index (χ3v) is 8.35. The fourth-order valence-corrected chi connectivity index (χ4v) is 5.61. The fourth-order valence-electron chi connectivity index (χ4n) is 5.61. The summed E-state index contributed by atoms with van der Waals surface area (Å²) in [6.07, 6.45) is 1.96. The lowest BCUT2D eigenvalue weighted by Gasteiger charge is -2.17. The number of hydrogen-bond donors (Lipinski definition) is 0. The number of esters is 5. The number of carbonyl (C=O) groups excluding carboxylic acids is 6. The van der Waals surface area contributed by atoms with Crippen LogP contribution in [0.4, 0.5) is 4.79 Å². The van der Waals surface area contributed by atoms with Crippen molar-refractivity contribution in [3.05, 3.63) is 102 Å². The fraction of sp³-hybridized carbons (Fsp3) is 0.350. The van der Waals surface area contributed by atoms with Gasteiger partial charge in [0.15, 0.2) is 12.2 Å². The van der Waals surface area contributed by atoms with E-state index in [-0.39, 0.29) is 53.8 Å². The van der Waals surface area contributed by atoms with E-state index < -0.39 is 60.4 Å². The molecule has 5 rings (SSSR count). The summed E-state index contributed by atoms with van der Waals surface area (Å²) >= 11 is 0. The third-order valence-electron chi connectivity index (χ3n) is 8.35. The van der Waals surface area contributed by atoms with Gasteiger partial charge in [-0.3, -0.25) is 4.79 Å². The quantitative estimate of drug-likeness (QED) is 0.0415. The van der Waals surface area contributed by atoms with Gasteiger partial charge < -0.3 is 42.6 Å². The Kier molecular flexibility index (Phi) is 14.5. The number of rotatable bonds is 17. The Labute approximate surface area is 316 Å². The summed E-state index contributed by atoms with van der Waals surface area (Å²) in [7, 11) is 0. The maximum absolute atomic E-state index is 12.8. The van der Waals surface area contributed by atoms with E-state index >= 15 is 0 Å². The molecule has 0 aromatic heterocycles. The molecule has 0 saturated carbocycles. The van der Waals surface area contributed by atoms with Crippen LogP contribution in [-0.4, -0.2) is 86.8 Å². The second-order valence-corrected chi connectivity index (χ2v) is 12.4. The molecule has 2 heterocycles. The lowest BCUT2D eigenvalue weighted by Crippen LogP contribution is -2.35. The van der Waals surface area contributed by atoms with Crippen molar-refractivity contribution < 1.29 is 71.4 Å². The van der Waals surface area contributed by atoms with E-state index in [1.165, 1.54) is 79.7 Å². The molecule has 0 aliphatic carbocycles. The topological polar surface area (TPSA) is 185 Å². The summed E-state index contributed by atoms with van der Waals surface area (Å²) in [6, 6.07) is 17.2. The predicted molar refractivity (Wildman–Crippen MR) is 190 cm³/mol. The summed E-state index contributed by atoms with van der Waals surface area (Å²) in [5, 5.41) is 0. The highest BCUT2D eigenvalue weighted by molar-refractivity contribution is 5.93. The van der Waals surface area contributed by atoms with Gasteiger partial charge in [0.05, 0.1) is 43.1 Å². The molecule has 0 bridgehead atoms. The van der Waals surface area contributed by atoms with Gasteiger partial charge in [0.2, 0.25) is 0 Å². The van der Waals surface area contributed by atoms with Crippen molar-refractivity contribution in [1.29, 1.82) is 0 Å². The molecule has 4 atom stereocenters. The summed E-state index contributed by atoms with van der Waals surface area (Å²) in [5.74, 6) is -2.34. The minimum Gasteiger partial charge on any atom is -0.463 e. The van der Waals surface area contributed by atoms with Crippen molar-refractivity contribution in [2.24, 2.45) is 0 Å². The third kappa shape index (κ3) is 12.0. The van der Waals surface area contributed by atoms with Crippen LogP contribution in [0, 0.1) is 0 Å². The highest BCUT2D eigenvalue weighted by Gasteiger charge is 2.51. The normalized spacial score (nSPS) is 18.3. The van der Waals surface area contributed by atoms with E-state index in [0.717, 1.165) is 31.8 Å². The molecule has 0 radical (unpaired) electrons. The molecule has 55 heavy (non-hydrogen) atoms. The second-order valence-electron chi connectivity index (χ2n) is 12.4. The van der Waals surface area contributed by atoms with E-state index in [4.69, 9.17) is 42.6 Å². The number of ether oxygens (including phenoxy) is 9. The summed E-state index contributed by atoms with van der Waals surface area (Å²) in [4.78, 5) is 72.5. The Morgan fingerprint density at radius 2 is 1.00 bits per heavy atom. The van der Waals surface area contributed by atoms with Crippen LogP contribution in [0.1, 0.15) is 70.1 Å². The number of unbranched alkanes of at least 4 members (excludes halogenated alkanes) is 4. The summed E-state index contributed by atoms with van der Waals surface area (Å²) < 4.78 is 48.0. The summed E-state index contributed by atoms with van der Waals surface area (Å²) in [5.41, 5.74) is 0.586. The maximum Gasteiger partial charge on any atom is 0.513 e. The molecule has 290 valence electrons. The first-order valence-electron chi connectivity index (χ1n) is 17.6. The van der Waals surface area contributed by atoms with Gasteiger partial charge in [-0.25, -0.2) is 24.0 Å². The Balaban J connectivity index is 0.991. The zero-order valence-corrected chi connectivity index (χ0v) is 30.0. The molecule has 2 aliphatic rings. The molecule has 3 aromatic rings. The van der Waals surface area contributed by atoms with Gasteiger partial charge in [-0.2, -0.15) is 0 Å². The zero-order valence-electron chi connectivity index (χ0n) is 30.0. The molecule has 15 nitrogen and oxygen atoms in total. The lowest BCUT2D eigenvalue weighted by atomic mass is 10.1. The largest absolute Gasteiger partial charge is 0.513 e. The maximum atomic E-state index is 12.8. The molecule has 0 N–H and O–H groups in total. The molecule has 2 saturated heterocycles. The van der Waals surface area contributed by atoms with Gasteiger partial charge >= 0.3 is 36.0 Å². The van der Waals surface area contributed by atoms with Crippen LogP contribution in [-0.2, 0) is 38.0 Å². The van der Waals surface area contributed by atoms with E-state index in [2.05, 4.69) is 6.58 Å². The van der Waals surface area contributed by atoms with Crippen LogP contribution in [0.3, 0.4) is 0 Å². The zero-order chi connectivity index (χ0) is 39.2. The first kappa shape index (κ1) is 40.1. The molecule has 3 aromatic carbocycles. The average molecular weight is 761 g/mol. The lowest BCUT2D eigenvalue weighted by molar-refractivity contribution is -0.151. The molecular formula is C40H40O15. The highest BCUT2D eigenvalue weighted by Crippen LogP contribution is 2.31. The van der Waals surface area contributed by atoms with Gasteiger partial charge in [-0.05, 0) is 85.6 Å². The molecule has 0 amide bonds. The number of carbonyl (C=O) groups is 6. The van der Waals surface area contributed by atoms with Crippen molar-refractivity contribution in [3.63, 3.8) is 0 Å². The van der Waals surface area contributed by atoms with Gasteiger partial charge in [0.25, 0.3) is 0 Å². The van der Waals surface area contributed by atoms with Gasteiger partial charge in [-0.1, -0.05) is 25.8 Å². The Hall–Kier alpha value is -6.06. The smallest absolute Gasteiger partial charge is 0.463 e. The molecule has 0 spiro atoms. The van der Waals surface area contributed by atoms with Gasteiger partial charge in [0, 0.05) is 13.0 Å². The van der Waals surface area contributed by atoms with Crippen LogP contribution < -0.4 is 14.2 Å². The van der Waals surface area contributed by atoms with Gasteiger partial charge in [-0.15, -0.1) is 0 Å². The monoisotopic (exact) mass is 760 g/mol. The Bertz CT molecular complexity index is 1820. The van der Waals surface area contributed by atoms with Crippen molar-refractivity contribution >= 4 is 36.0 Å². The molecule has 2 unspecified atom stereocenters. The molecule has 2 fully saturated rings. The van der Waals surface area contributed by atoms with Crippen molar-refractivity contribution in [2.75, 3.05) is 26.4 Å². The van der Waals surface area contributed by atoms with Crippen LogP contribution in [0.5, 0.6) is 17.2 Å². The number of benzene rings is 3. The minimum absolute atomic E-state index is 0.0965. The molecule has 15 heteroatoms. The Morgan fingerprint density at radius 1 is 0.582 bits per heavy atom. The van der Waals surface area contributed by atoms with Crippen molar-refractivity contribution in [2.45, 2.75) is 63.4 Å². The van der Waals surface area contributed by atoms with E-state index in [1.807, 2.05) is 0 Å². The molecule has 2 aliphatic heterocycles. The number of fused-ring (bicyclic) bond motifs is 1. The number of hydrogen-bond acceptors (Lipinski definition) is 15. The van der Waals surface area contributed by atoms with Crippen LogP contribution in [0.25, 0.3) is 0 Å². The minimum atomic E-state index is -0.867. The van der Waals surface area contributed by atoms with E-state index in [1.54, 1.807) is 0 Å². The van der Waals surface area contributed by atoms with Crippen LogP contribution >= 0.6 is 0 Å². The second kappa shape index (κ2) is 19.9. The Morgan fingerprint density at radius 3 is 1.47 bits per heavy atom.